The van der Waals surface area contributed by atoms with Crippen molar-refractivity contribution >= 4 is 5.96 Å². The molecule has 1 aromatic carbocycles. The van der Waals surface area contributed by atoms with E-state index in [2.05, 4.69) is 10.2 Å². The number of nitrogens with zero attached hydrogens (tertiary/aromatic N) is 2. The van der Waals surface area contributed by atoms with Crippen LogP contribution in [0, 0.1) is 0 Å². The summed E-state index contributed by atoms with van der Waals surface area (Å²) < 4.78 is 45.1. The molecule has 2 aliphatic heterocycles. The van der Waals surface area contributed by atoms with Crippen LogP contribution in [0.2, 0.25) is 0 Å². The molecule has 3 rings (SSSR count). The highest BCUT2D eigenvalue weighted by atomic mass is 19.4. The summed E-state index contributed by atoms with van der Waals surface area (Å²) in [6, 6.07) is 5.74. The molecular formula is C20H28F3N3O. The molecule has 7 heteroatoms. The number of aliphatic imine (C=N–C) groups is 1. The minimum Gasteiger partial charge on any atom is -0.381 e. The first-order valence-corrected chi connectivity index (χ1v) is 9.73. The summed E-state index contributed by atoms with van der Waals surface area (Å²) in [6.45, 7) is 6.32. The Balaban J connectivity index is 1.89. The number of benzene rings is 1. The van der Waals surface area contributed by atoms with Gasteiger partial charge in [0.15, 0.2) is 5.96 Å². The minimum absolute atomic E-state index is 0.417. The van der Waals surface area contributed by atoms with E-state index in [0.29, 0.717) is 38.2 Å². The van der Waals surface area contributed by atoms with Gasteiger partial charge >= 0.3 is 6.18 Å². The van der Waals surface area contributed by atoms with E-state index in [9.17, 15) is 13.2 Å². The Hall–Kier alpha value is -1.76. The first-order valence-electron chi connectivity index (χ1n) is 9.73. The number of guanidine groups is 1. The van der Waals surface area contributed by atoms with Gasteiger partial charge in [-0.3, -0.25) is 4.99 Å². The van der Waals surface area contributed by atoms with Crippen molar-refractivity contribution in [2.75, 3.05) is 39.4 Å². The van der Waals surface area contributed by atoms with Crippen LogP contribution in [-0.2, 0) is 16.3 Å². The van der Waals surface area contributed by atoms with E-state index in [0.717, 1.165) is 44.5 Å². The summed E-state index contributed by atoms with van der Waals surface area (Å²) >= 11 is 0. The minimum atomic E-state index is -4.34. The van der Waals surface area contributed by atoms with Gasteiger partial charge in [0.2, 0.25) is 0 Å². The Morgan fingerprint density at radius 2 is 1.93 bits per heavy atom. The van der Waals surface area contributed by atoms with Crippen LogP contribution in [0.3, 0.4) is 0 Å². The lowest BCUT2D eigenvalue weighted by Crippen LogP contribution is -2.42. The van der Waals surface area contributed by atoms with Crippen LogP contribution in [0.25, 0.3) is 0 Å². The molecule has 0 aromatic heterocycles. The Labute approximate surface area is 158 Å². The van der Waals surface area contributed by atoms with Crippen LogP contribution < -0.4 is 5.32 Å². The van der Waals surface area contributed by atoms with Gasteiger partial charge in [0.25, 0.3) is 0 Å². The number of likely N-dealkylation sites (tertiary alicyclic amines) is 1. The predicted octanol–water partition coefficient (Wildman–Crippen LogP) is 3.81. The smallest absolute Gasteiger partial charge is 0.381 e. The van der Waals surface area contributed by atoms with Crippen LogP contribution in [0.15, 0.2) is 29.3 Å². The maximum atomic E-state index is 13.2. The molecule has 1 N–H and O–H groups in total. The Morgan fingerprint density at radius 3 is 2.56 bits per heavy atom. The summed E-state index contributed by atoms with van der Waals surface area (Å²) in [7, 11) is 0. The molecule has 150 valence electrons. The maximum absolute atomic E-state index is 13.2. The van der Waals surface area contributed by atoms with E-state index in [-0.39, 0.29) is 0 Å². The zero-order valence-electron chi connectivity index (χ0n) is 15.8. The highest BCUT2D eigenvalue weighted by molar-refractivity contribution is 5.80. The van der Waals surface area contributed by atoms with Crippen molar-refractivity contribution in [3.63, 3.8) is 0 Å². The van der Waals surface area contributed by atoms with Crippen molar-refractivity contribution in [1.29, 1.82) is 0 Å². The molecule has 2 fully saturated rings. The molecule has 2 aliphatic rings. The van der Waals surface area contributed by atoms with Crippen molar-refractivity contribution in [1.82, 2.24) is 10.2 Å². The largest absolute Gasteiger partial charge is 0.416 e. The van der Waals surface area contributed by atoms with Gasteiger partial charge in [-0.05, 0) is 44.2 Å². The van der Waals surface area contributed by atoms with Crippen LogP contribution in [0.1, 0.15) is 43.7 Å². The third kappa shape index (κ3) is 4.75. The van der Waals surface area contributed by atoms with Crippen molar-refractivity contribution in [3.8, 4) is 0 Å². The summed E-state index contributed by atoms with van der Waals surface area (Å²) in [5, 5.41) is 3.33. The second-order valence-corrected chi connectivity index (χ2v) is 7.34. The highest BCUT2D eigenvalue weighted by Gasteiger charge is 2.37. The first-order chi connectivity index (χ1) is 12.9. The van der Waals surface area contributed by atoms with Crippen LogP contribution in [-0.4, -0.2) is 50.3 Å². The molecule has 0 saturated carbocycles. The topological polar surface area (TPSA) is 36.9 Å². The lowest BCUT2D eigenvalue weighted by Gasteiger charge is -2.37. The van der Waals surface area contributed by atoms with Gasteiger partial charge in [0, 0.05) is 38.3 Å². The van der Waals surface area contributed by atoms with Gasteiger partial charge in [-0.15, -0.1) is 0 Å². The predicted molar refractivity (Wildman–Crippen MR) is 100.0 cm³/mol. The summed E-state index contributed by atoms with van der Waals surface area (Å²) in [5.74, 6) is 0.868. The standard InChI is InChI=1S/C20H28F3N3O/c1-2-24-18(26-10-3-4-11-26)25-15-19(8-12-27-13-9-19)16-6-5-7-17(14-16)20(21,22)23/h5-7,14H,2-4,8-13,15H2,1H3,(H,24,25). The first kappa shape index (κ1) is 20.0. The van der Waals surface area contributed by atoms with Crippen molar-refractivity contribution in [2.45, 2.75) is 44.2 Å². The number of hydrogen-bond acceptors (Lipinski definition) is 2. The van der Waals surface area contributed by atoms with Gasteiger partial charge in [-0.2, -0.15) is 13.2 Å². The zero-order valence-corrected chi connectivity index (χ0v) is 15.8. The molecule has 27 heavy (non-hydrogen) atoms. The quantitative estimate of drug-likeness (QED) is 0.635. The monoisotopic (exact) mass is 383 g/mol. The molecule has 2 heterocycles. The van der Waals surface area contributed by atoms with Gasteiger partial charge in [0.05, 0.1) is 12.1 Å². The molecule has 0 amide bonds. The lowest BCUT2D eigenvalue weighted by atomic mass is 9.74. The number of rotatable bonds is 4. The van der Waals surface area contributed by atoms with E-state index in [1.54, 1.807) is 6.07 Å². The summed E-state index contributed by atoms with van der Waals surface area (Å²) in [6.07, 6.45) is -0.682. The molecule has 1 aromatic rings. The maximum Gasteiger partial charge on any atom is 0.416 e. The third-order valence-electron chi connectivity index (χ3n) is 5.52. The molecule has 0 radical (unpaired) electrons. The summed E-state index contributed by atoms with van der Waals surface area (Å²) in [5.41, 5.74) is -0.303. The number of hydrogen-bond donors (Lipinski definition) is 1. The van der Waals surface area contributed by atoms with Crippen molar-refractivity contribution in [3.05, 3.63) is 35.4 Å². The molecular weight excluding hydrogens is 355 g/mol. The van der Waals surface area contributed by atoms with Crippen LogP contribution >= 0.6 is 0 Å². The zero-order chi connectivity index (χ0) is 19.3. The molecule has 0 unspecified atom stereocenters. The average Bonchev–Trinajstić information content (AvgIpc) is 3.20. The van der Waals surface area contributed by atoms with Gasteiger partial charge < -0.3 is 15.0 Å². The Kier molecular flexibility index (Phi) is 6.29. The van der Waals surface area contributed by atoms with E-state index < -0.39 is 17.2 Å². The fraction of sp³-hybridized carbons (Fsp3) is 0.650. The molecule has 0 bridgehead atoms. The van der Waals surface area contributed by atoms with E-state index in [1.165, 1.54) is 12.1 Å². The normalized spacial score (nSPS) is 20.7. The lowest BCUT2D eigenvalue weighted by molar-refractivity contribution is -0.137. The van der Waals surface area contributed by atoms with E-state index >= 15 is 0 Å². The van der Waals surface area contributed by atoms with Crippen molar-refractivity contribution in [2.24, 2.45) is 4.99 Å². The average molecular weight is 383 g/mol. The fourth-order valence-corrected chi connectivity index (χ4v) is 3.91. The fourth-order valence-electron chi connectivity index (χ4n) is 3.91. The SMILES string of the molecule is CCNC(=NCC1(c2cccc(C(F)(F)F)c2)CCOCC1)N1CCCC1. The number of halogens is 3. The second kappa shape index (κ2) is 8.50. The third-order valence-corrected chi connectivity index (χ3v) is 5.52. The van der Waals surface area contributed by atoms with Crippen LogP contribution in [0.4, 0.5) is 13.2 Å². The van der Waals surface area contributed by atoms with Gasteiger partial charge in [-0.25, -0.2) is 0 Å². The Bertz CT molecular complexity index is 648. The van der Waals surface area contributed by atoms with Gasteiger partial charge in [-0.1, -0.05) is 18.2 Å². The molecule has 0 aliphatic carbocycles. The van der Waals surface area contributed by atoms with E-state index in [1.807, 2.05) is 6.92 Å². The molecule has 4 nitrogen and oxygen atoms in total. The number of alkyl halides is 3. The number of nitrogens with one attached hydrogen (secondary N) is 1. The van der Waals surface area contributed by atoms with Gasteiger partial charge in [0.1, 0.15) is 0 Å². The van der Waals surface area contributed by atoms with Crippen molar-refractivity contribution < 1.29 is 17.9 Å². The molecule has 2 saturated heterocycles. The molecule has 0 atom stereocenters. The summed E-state index contributed by atoms with van der Waals surface area (Å²) in [4.78, 5) is 7.09. The Morgan fingerprint density at radius 1 is 1.22 bits per heavy atom. The highest BCUT2D eigenvalue weighted by Crippen LogP contribution is 2.38. The second-order valence-electron chi connectivity index (χ2n) is 7.34. The number of ether oxygens (including phenoxy) is 1. The van der Waals surface area contributed by atoms with E-state index in [4.69, 9.17) is 9.73 Å². The molecule has 0 spiro atoms. The van der Waals surface area contributed by atoms with Crippen LogP contribution in [0.5, 0.6) is 0 Å².